The van der Waals surface area contributed by atoms with E-state index in [2.05, 4.69) is 10.6 Å². The zero-order valence-corrected chi connectivity index (χ0v) is 11.6. The van der Waals surface area contributed by atoms with Crippen LogP contribution in [0, 0.1) is 12.7 Å². The largest absolute Gasteiger partial charge is 0.376 e. The number of halogens is 1. The zero-order valence-electron chi connectivity index (χ0n) is 11.6. The first-order valence-corrected chi connectivity index (χ1v) is 6.59. The Morgan fingerprint density at radius 1 is 1.38 bits per heavy atom. The lowest BCUT2D eigenvalue weighted by molar-refractivity contribution is -0.148. The Kier molecular flexibility index (Phi) is 5.24. The Balaban J connectivity index is 1.80. The van der Waals surface area contributed by atoms with Crippen LogP contribution in [0.2, 0.25) is 0 Å². The van der Waals surface area contributed by atoms with Gasteiger partial charge in [-0.05, 0) is 24.6 Å². The van der Waals surface area contributed by atoms with Crippen molar-refractivity contribution in [3.63, 3.8) is 0 Å². The number of carbonyl (C=O) groups is 2. The van der Waals surface area contributed by atoms with E-state index >= 15 is 0 Å². The molecule has 2 amide bonds. The summed E-state index contributed by atoms with van der Waals surface area (Å²) in [6.07, 6.45) is -0.706. The van der Waals surface area contributed by atoms with Gasteiger partial charge in [0.2, 0.25) is 5.91 Å². The fourth-order valence-corrected chi connectivity index (χ4v) is 1.84. The van der Waals surface area contributed by atoms with Crippen molar-refractivity contribution in [3.05, 3.63) is 29.6 Å². The van der Waals surface area contributed by atoms with Crippen LogP contribution in [0.4, 0.5) is 10.1 Å². The van der Waals surface area contributed by atoms with Crippen LogP contribution in [-0.2, 0) is 19.1 Å². The maximum absolute atomic E-state index is 13.6. The second kappa shape index (κ2) is 7.14. The molecule has 1 saturated heterocycles. The van der Waals surface area contributed by atoms with Crippen LogP contribution >= 0.6 is 0 Å². The van der Waals surface area contributed by atoms with Crippen LogP contribution < -0.4 is 10.6 Å². The molecule has 2 rings (SSSR count). The van der Waals surface area contributed by atoms with Gasteiger partial charge >= 0.3 is 0 Å². The predicted octanol–water partition coefficient (Wildman–Crippen LogP) is 0.604. The van der Waals surface area contributed by atoms with Crippen molar-refractivity contribution >= 4 is 17.5 Å². The molecule has 0 aliphatic carbocycles. The van der Waals surface area contributed by atoms with Crippen LogP contribution in [0.3, 0.4) is 0 Å². The summed E-state index contributed by atoms with van der Waals surface area (Å²) in [6, 6.07) is 4.48. The van der Waals surface area contributed by atoms with Crippen LogP contribution in [0.1, 0.15) is 5.56 Å². The smallest absolute Gasteiger partial charge is 0.251 e. The Morgan fingerprint density at radius 2 is 2.19 bits per heavy atom. The highest BCUT2D eigenvalue weighted by Gasteiger charge is 2.22. The number of amides is 2. The summed E-state index contributed by atoms with van der Waals surface area (Å²) in [7, 11) is 0. The average Bonchev–Trinajstić information content (AvgIpc) is 2.48. The van der Waals surface area contributed by atoms with Crippen molar-refractivity contribution in [2.45, 2.75) is 13.0 Å². The monoisotopic (exact) mass is 296 g/mol. The summed E-state index contributed by atoms with van der Waals surface area (Å²) in [5.74, 6) is -1.45. The molecule has 1 aromatic rings. The van der Waals surface area contributed by atoms with E-state index in [-0.39, 0.29) is 18.8 Å². The fraction of sp³-hybridized carbons (Fsp3) is 0.429. The van der Waals surface area contributed by atoms with Crippen molar-refractivity contribution in [1.29, 1.82) is 0 Å². The van der Waals surface area contributed by atoms with E-state index in [1.54, 1.807) is 13.0 Å². The Labute approximate surface area is 121 Å². The number of nitrogens with one attached hydrogen (secondary N) is 2. The van der Waals surface area contributed by atoms with Gasteiger partial charge in [-0.1, -0.05) is 6.07 Å². The molecular weight excluding hydrogens is 279 g/mol. The zero-order chi connectivity index (χ0) is 15.2. The van der Waals surface area contributed by atoms with Crippen LogP contribution in [0.15, 0.2) is 18.2 Å². The minimum absolute atomic E-state index is 0.0806. The van der Waals surface area contributed by atoms with E-state index in [9.17, 15) is 14.0 Å². The molecule has 1 aliphatic heterocycles. The first-order valence-electron chi connectivity index (χ1n) is 6.59. The van der Waals surface area contributed by atoms with E-state index in [0.717, 1.165) is 5.56 Å². The van der Waals surface area contributed by atoms with Crippen LogP contribution in [0.25, 0.3) is 0 Å². The molecule has 6 nitrogen and oxygen atoms in total. The Morgan fingerprint density at radius 3 is 2.86 bits per heavy atom. The van der Waals surface area contributed by atoms with Gasteiger partial charge in [0.25, 0.3) is 5.91 Å². The number of ether oxygens (including phenoxy) is 2. The molecule has 0 aromatic heterocycles. The van der Waals surface area contributed by atoms with Crippen molar-refractivity contribution in [3.8, 4) is 0 Å². The second-order valence-corrected chi connectivity index (χ2v) is 4.68. The maximum Gasteiger partial charge on any atom is 0.251 e. The third-order valence-corrected chi connectivity index (χ3v) is 2.93. The van der Waals surface area contributed by atoms with Gasteiger partial charge in [-0.15, -0.1) is 0 Å². The van der Waals surface area contributed by atoms with Gasteiger partial charge in [-0.25, -0.2) is 4.39 Å². The molecule has 0 spiro atoms. The van der Waals surface area contributed by atoms with Gasteiger partial charge in [0.1, 0.15) is 5.82 Å². The highest BCUT2D eigenvalue weighted by Crippen LogP contribution is 2.14. The molecule has 21 heavy (non-hydrogen) atoms. The molecule has 1 atom stereocenters. The summed E-state index contributed by atoms with van der Waals surface area (Å²) in [5.41, 5.74) is 0.838. The van der Waals surface area contributed by atoms with E-state index < -0.39 is 23.7 Å². The number of benzene rings is 1. The highest BCUT2D eigenvalue weighted by molar-refractivity contribution is 5.95. The number of carbonyl (C=O) groups excluding carboxylic acids is 2. The van der Waals surface area contributed by atoms with E-state index in [1.807, 2.05) is 0 Å². The van der Waals surface area contributed by atoms with Crippen LogP contribution in [-0.4, -0.2) is 44.3 Å². The molecule has 7 heteroatoms. The molecule has 1 aliphatic rings. The average molecular weight is 296 g/mol. The Bertz CT molecular complexity index is 530. The Hall–Kier alpha value is -1.99. The molecule has 0 radical (unpaired) electrons. The topological polar surface area (TPSA) is 76.7 Å². The molecule has 1 heterocycles. The lowest BCUT2D eigenvalue weighted by Crippen LogP contribution is -2.45. The number of anilines is 1. The normalized spacial score (nSPS) is 18.1. The lowest BCUT2D eigenvalue weighted by Gasteiger charge is -2.21. The summed E-state index contributed by atoms with van der Waals surface area (Å²) in [5, 5.41) is 4.82. The standard InChI is InChI=1S/C14H17FN2O4/c1-9-2-3-11(10(15)6-9)17-13(18)7-16-14(19)12-8-20-4-5-21-12/h2-3,6,12H,4-5,7-8H2,1H3,(H,16,19)(H,17,18)/t12-/m1/s1. The van der Waals surface area contributed by atoms with Crippen molar-refractivity contribution in [2.24, 2.45) is 0 Å². The van der Waals surface area contributed by atoms with E-state index in [1.165, 1.54) is 12.1 Å². The highest BCUT2D eigenvalue weighted by atomic mass is 19.1. The third kappa shape index (κ3) is 4.51. The number of rotatable bonds is 4. The molecule has 2 N–H and O–H groups in total. The summed E-state index contributed by atoms with van der Waals surface area (Å²) >= 11 is 0. The SMILES string of the molecule is Cc1ccc(NC(=O)CNC(=O)[C@H]2COCCO2)c(F)c1. The first kappa shape index (κ1) is 15.4. The summed E-state index contributed by atoms with van der Waals surface area (Å²) < 4.78 is 23.9. The summed E-state index contributed by atoms with van der Waals surface area (Å²) in [6.45, 7) is 2.46. The van der Waals surface area contributed by atoms with E-state index in [0.29, 0.717) is 13.2 Å². The molecule has 1 fully saturated rings. The molecular formula is C14H17FN2O4. The van der Waals surface area contributed by atoms with Crippen molar-refractivity contribution in [1.82, 2.24) is 5.32 Å². The van der Waals surface area contributed by atoms with E-state index in [4.69, 9.17) is 9.47 Å². The van der Waals surface area contributed by atoms with Gasteiger partial charge in [0.15, 0.2) is 6.10 Å². The summed E-state index contributed by atoms with van der Waals surface area (Å²) in [4.78, 5) is 23.4. The first-order chi connectivity index (χ1) is 10.1. The third-order valence-electron chi connectivity index (χ3n) is 2.93. The van der Waals surface area contributed by atoms with Gasteiger partial charge < -0.3 is 20.1 Å². The minimum Gasteiger partial charge on any atom is -0.376 e. The van der Waals surface area contributed by atoms with Crippen LogP contribution in [0.5, 0.6) is 0 Å². The van der Waals surface area contributed by atoms with Gasteiger partial charge in [-0.2, -0.15) is 0 Å². The quantitative estimate of drug-likeness (QED) is 0.853. The molecule has 0 unspecified atom stereocenters. The number of hydrogen-bond acceptors (Lipinski definition) is 4. The number of aryl methyl sites for hydroxylation is 1. The second-order valence-electron chi connectivity index (χ2n) is 4.68. The van der Waals surface area contributed by atoms with Crippen molar-refractivity contribution < 1.29 is 23.5 Å². The lowest BCUT2D eigenvalue weighted by atomic mass is 10.2. The minimum atomic E-state index is -0.706. The fourth-order valence-electron chi connectivity index (χ4n) is 1.84. The van der Waals surface area contributed by atoms with Gasteiger partial charge in [0.05, 0.1) is 32.1 Å². The van der Waals surface area contributed by atoms with Crippen molar-refractivity contribution in [2.75, 3.05) is 31.7 Å². The maximum atomic E-state index is 13.6. The molecule has 0 saturated carbocycles. The van der Waals surface area contributed by atoms with Gasteiger partial charge in [0, 0.05) is 0 Å². The molecule has 114 valence electrons. The number of hydrogen-bond donors (Lipinski definition) is 2. The molecule has 0 bridgehead atoms. The van der Waals surface area contributed by atoms with Gasteiger partial charge in [-0.3, -0.25) is 9.59 Å². The predicted molar refractivity (Wildman–Crippen MR) is 73.3 cm³/mol. The molecule has 1 aromatic carbocycles.